The molecule has 0 saturated carbocycles. The van der Waals surface area contributed by atoms with Crippen molar-refractivity contribution in [3.63, 3.8) is 0 Å². The highest BCUT2D eigenvalue weighted by atomic mass is 16.6. The lowest BCUT2D eigenvalue weighted by Gasteiger charge is -2.16. The summed E-state index contributed by atoms with van der Waals surface area (Å²) >= 11 is 0. The first kappa shape index (κ1) is 16.5. The van der Waals surface area contributed by atoms with E-state index in [1.807, 2.05) is 0 Å². The molecule has 1 rings (SSSR count). The zero-order valence-corrected chi connectivity index (χ0v) is 10.7. The number of hydrogen-bond donors (Lipinski definition) is 0. The maximum Gasteiger partial charge on any atom is 0.311 e. The van der Waals surface area contributed by atoms with Gasteiger partial charge in [0, 0.05) is 22.0 Å². The normalized spacial score (nSPS) is 12.7. The Hall–Kier alpha value is -3.60. The second kappa shape index (κ2) is 6.71. The molecule has 1 aromatic carbocycles. The Balaban J connectivity index is 3.40. The van der Waals surface area contributed by atoms with Crippen molar-refractivity contribution in [3.8, 4) is 12.1 Å². The highest BCUT2D eigenvalue weighted by Gasteiger charge is 2.46. The zero-order valence-electron chi connectivity index (χ0n) is 10.7. The van der Waals surface area contributed by atoms with Crippen LogP contribution < -0.4 is 0 Å². The van der Waals surface area contributed by atoms with Gasteiger partial charge in [-0.3, -0.25) is 30.3 Å². The summed E-state index contributed by atoms with van der Waals surface area (Å²) in [6.07, 6.45) is 0. The smallest absolute Gasteiger partial charge is 0.263 e. The standard InChI is InChI=1S/C11H7N5O6/c12-5-9(15(19)20)11(10(6-13)16(21)22)7-1-3-8(4-2-7)14(17)18/h1-4,9-11H/t9-,10-/m0/s1. The second-order valence-corrected chi connectivity index (χ2v) is 4.09. The second-order valence-electron chi connectivity index (χ2n) is 4.09. The van der Waals surface area contributed by atoms with Crippen LogP contribution in [0.5, 0.6) is 0 Å². The van der Waals surface area contributed by atoms with Gasteiger partial charge in [0.2, 0.25) is 0 Å². The first-order valence-corrected chi connectivity index (χ1v) is 5.64. The third-order valence-corrected chi connectivity index (χ3v) is 2.89. The molecule has 0 spiro atoms. The molecule has 0 unspecified atom stereocenters. The summed E-state index contributed by atoms with van der Waals surface area (Å²) in [6, 6.07) is 2.68. The molecule has 0 fully saturated rings. The van der Waals surface area contributed by atoms with E-state index in [-0.39, 0.29) is 11.3 Å². The van der Waals surface area contributed by atoms with Crippen LogP contribution in [0.25, 0.3) is 0 Å². The molecule has 112 valence electrons. The van der Waals surface area contributed by atoms with Gasteiger partial charge in [-0.25, -0.2) is 0 Å². The third-order valence-electron chi connectivity index (χ3n) is 2.89. The average molecular weight is 305 g/mol. The Morgan fingerprint density at radius 3 is 1.55 bits per heavy atom. The van der Waals surface area contributed by atoms with Crippen LogP contribution in [0.3, 0.4) is 0 Å². The fourth-order valence-corrected chi connectivity index (χ4v) is 1.87. The summed E-state index contributed by atoms with van der Waals surface area (Å²) < 4.78 is 0. The molecule has 1 aromatic rings. The van der Waals surface area contributed by atoms with Crippen molar-refractivity contribution in [2.45, 2.75) is 18.0 Å². The van der Waals surface area contributed by atoms with E-state index < -0.39 is 32.8 Å². The van der Waals surface area contributed by atoms with Gasteiger partial charge in [-0.05, 0) is 5.56 Å². The molecule has 0 aliphatic carbocycles. The van der Waals surface area contributed by atoms with Crippen LogP contribution in [0.1, 0.15) is 11.5 Å². The van der Waals surface area contributed by atoms with Crippen LogP contribution in [-0.2, 0) is 0 Å². The van der Waals surface area contributed by atoms with Crippen molar-refractivity contribution in [1.82, 2.24) is 0 Å². The van der Waals surface area contributed by atoms with Gasteiger partial charge in [-0.2, -0.15) is 10.5 Å². The van der Waals surface area contributed by atoms with Crippen molar-refractivity contribution >= 4 is 5.69 Å². The number of benzene rings is 1. The van der Waals surface area contributed by atoms with Gasteiger partial charge in [0.05, 0.1) is 4.92 Å². The summed E-state index contributed by atoms with van der Waals surface area (Å²) in [5.41, 5.74) is -0.399. The van der Waals surface area contributed by atoms with E-state index in [4.69, 9.17) is 10.5 Å². The minimum absolute atomic E-state index is 0.0721. The summed E-state index contributed by atoms with van der Waals surface area (Å²) in [4.78, 5) is 29.6. The number of nitro benzene ring substituents is 1. The van der Waals surface area contributed by atoms with Crippen LogP contribution in [0.15, 0.2) is 24.3 Å². The van der Waals surface area contributed by atoms with Crippen LogP contribution in [0, 0.1) is 53.0 Å². The van der Waals surface area contributed by atoms with Crippen LogP contribution in [0.2, 0.25) is 0 Å². The van der Waals surface area contributed by atoms with Gasteiger partial charge < -0.3 is 0 Å². The van der Waals surface area contributed by atoms with Gasteiger partial charge in [0.1, 0.15) is 18.1 Å². The highest BCUT2D eigenvalue weighted by molar-refractivity contribution is 5.36. The molecule has 22 heavy (non-hydrogen) atoms. The summed E-state index contributed by atoms with van der Waals surface area (Å²) in [5.74, 6) is -1.65. The molecular formula is C11H7N5O6. The Morgan fingerprint density at radius 2 is 1.27 bits per heavy atom. The van der Waals surface area contributed by atoms with Crippen LogP contribution >= 0.6 is 0 Å². The predicted molar refractivity (Wildman–Crippen MR) is 68.6 cm³/mol. The number of rotatable bonds is 6. The SMILES string of the molecule is N#C[C@@H](C(c1ccc([N+](=O)[O-])cc1)[C@H](C#N)[N+](=O)[O-])[N+](=O)[O-]. The van der Waals surface area contributed by atoms with E-state index in [0.29, 0.717) is 0 Å². The van der Waals surface area contributed by atoms with Gasteiger partial charge in [0.15, 0.2) is 0 Å². The largest absolute Gasteiger partial charge is 0.311 e. The lowest BCUT2D eigenvalue weighted by molar-refractivity contribution is -0.548. The maximum absolute atomic E-state index is 10.9. The Kier molecular flexibility index (Phi) is 5.02. The zero-order chi connectivity index (χ0) is 16.9. The molecule has 0 N–H and O–H groups in total. The molecule has 0 amide bonds. The molecule has 0 bridgehead atoms. The van der Waals surface area contributed by atoms with E-state index in [9.17, 15) is 30.3 Å². The molecule has 0 heterocycles. The minimum atomic E-state index is -2.03. The van der Waals surface area contributed by atoms with E-state index in [2.05, 4.69) is 0 Å². The fourth-order valence-electron chi connectivity index (χ4n) is 1.87. The van der Waals surface area contributed by atoms with Gasteiger partial charge in [-0.15, -0.1) is 0 Å². The first-order chi connectivity index (χ1) is 10.3. The van der Waals surface area contributed by atoms with Crippen molar-refractivity contribution in [1.29, 1.82) is 10.5 Å². The van der Waals surface area contributed by atoms with Crippen LogP contribution in [-0.4, -0.2) is 26.9 Å². The Labute approximate surface area is 122 Å². The quantitative estimate of drug-likeness (QED) is 0.551. The highest BCUT2D eigenvalue weighted by Crippen LogP contribution is 2.28. The number of nitriles is 2. The van der Waals surface area contributed by atoms with E-state index in [1.165, 1.54) is 12.1 Å². The van der Waals surface area contributed by atoms with Crippen molar-refractivity contribution in [2.24, 2.45) is 0 Å². The molecule has 0 saturated heterocycles. The summed E-state index contributed by atoms with van der Waals surface area (Å²) in [6.45, 7) is 0. The van der Waals surface area contributed by atoms with Gasteiger partial charge >= 0.3 is 12.1 Å². The maximum atomic E-state index is 10.9. The van der Waals surface area contributed by atoms with Crippen LogP contribution in [0.4, 0.5) is 5.69 Å². The molecule has 2 atom stereocenters. The van der Waals surface area contributed by atoms with E-state index in [1.54, 1.807) is 0 Å². The minimum Gasteiger partial charge on any atom is -0.263 e. The number of nitro groups is 3. The number of nitrogens with zero attached hydrogens (tertiary/aromatic N) is 5. The first-order valence-electron chi connectivity index (χ1n) is 5.64. The number of non-ortho nitro benzene ring substituents is 1. The van der Waals surface area contributed by atoms with Gasteiger partial charge in [-0.1, -0.05) is 12.1 Å². The average Bonchev–Trinajstić information content (AvgIpc) is 2.46. The van der Waals surface area contributed by atoms with Crippen molar-refractivity contribution < 1.29 is 14.8 Å². The molecule has 0 aliphatic rings. The Bertz CT molecular complexity index is 656. The lowest BCUT2D eigenvalue weighted by Crippen LogP contribution is -2.37. The Morgan fingerprint density at radius 1 is 0.864 bits per heavy atom. The van der Waals surface area contributed by atoms with E-state index in [0.717, 1.165) is 24.3 Å². The van der Waals surface area contributed by atoms with E-state index >= 15 is 0 Å². The molecular weight excluding hydrogens is 298 g/mol. The molecule has 0 radical (unpaired) electrons. The van der Waals surface area contributed by atoms with Crippen molar-refractivity contribution in [2.75, 3.05) is 0 Å². The molecule has 0 aliphatic heterocycles. The molecule has 11 heteroatoms. The van der Waals surface area contributed by atoms with Crippen molar-refractivity contribution in [3.05, 3.63) is 60.2 Å². The lowest BCUT2D eigenvalue weighted by atomic mass is 9.86. The monoisotopic (exact) mass is 305 g/mol. The summed E-state index contributed by atoms with van der Waals surface area (Å²) in [7, 11) is 0. The molecule has 0 aromatic heterocycles. The molecule has 11 nitrogen and oxygen atoms in total. The topological polar surface area (TPSA) is 177 Å². The third kappa shape index (κ3) is 3.29. The fraction of sp³-hybridized carbons (Fsp3) is 0.273. The predicted octanol–water partition coefficient (Wildman–Crippen LogP) is 1.02. The van der Waals surface area contributed by atoms with Gasteiger partial charge in [0.25, 0.3) is 5.69 Å². The summed E-state index contributed by atoms with van der Waals surface area (Å²) in [5, 5.41) is 50.1. The number of hydrogen-bond acceptors (Lipinski definition) is 8.